The lowest BCUT2D eigenvalue weighted by Crippen LogP contribution is -2.33. The molecule has 8 nitrogen and oxygen atoms in total. The number of fused-ring (bicyclic) bond motifs is 1. The topological polar surface area (TPSA) is 117 Å². The van der Waals surface area contributed by atoms with E-state index in [1.165, 1.54) is 0 Å². The molecular formula is C21H25N3O5. The first-order chi connectivity index (χ1) is 14.0. The van der Waals surface area contributed by atoms with Crippen LogP contribution in [0.3, 0.4) is 0 Å². The average Bonchev–Trinajstić information content (AvgIpc) is 2.70. The van der Waals surface area contributed by atoms with Gasteiger partial charge in [-0.25, -0.2) is 4.98 Å². The van der Waals surface area contributed by atoms with Crippen LogP contribution in [-0.4, -0.2) is 52.6 Å². The molecule has 0 fully saturated rings. The standard InChI is InChI=1S/C21H25N3O5/c1-13-7-8-18(20-19(13)24-21(27)14(2)23-20)29-12-15(25)11-22-9-10-28-17-6-4-3-5-16(17)26/h3-8,15,22,25-26H,9-12H2,1-2H3,(H,24,27). The van der Waals surface area contributed by atoms with E-state index in [4.69, 9.17) is 9.47 Å². The SMILES string of the molecule is Cc1nc2c(OCC(O)CNCCOc3ccccc3O)ccc(C)c2[nH]c1=O. The number of nitrogens with one attached hydrogen (secondary N) is 2. The maximum atomic E-state index is 11.8. The van der Waals surface area contributed by atoms with Crippen molar-refractivity contribution in [1.29, 1.82) is 0 Å². The first kappa shape index (κ1) is 20.6. The molecule has 0 saturated heterocycles. The summed E-state index contributed by atoms with van der Waals surface area (Å²) < 4.78 is 11.2. The molecule has 0 saturated carbocycles. The Morgan fingerprint density at radius 3 is 2.72 bits per heavy atom. The summed E-state index contributed by atoms with van der Waals surface area (Å²) in [6, 6.07) is 10.4. The zero-order valence-electron chi connectivity index (χ0n) is 16.4. The Kier molecular flexibility index (Phi) is 6.69. The van der Waals surface area contributed by atoms with Gasteiger partial charge in [-0.3, -0.25) is 4.79 Å². The van der Waals surface area contributed by atoms with Crippen molar-refractivity contribution in [2.45, 2.75) is 20.0 Å². The van der Waals surface area contributed by atoms with Gasteiger partial charge in [-0.1, -0.05) is 18.2 Å². The molecule has 4 N–H and O–H groups in total. The second-order valence-electron chi connectivity index (χ2n) is 6.74. The summed E-state index contributed by atoms with van der Waals surface area (Å²) >= 11 is 0. The van der Waals surface area contributed by atoms with Crippen molar-refractivity contribution in [3.63, 3.8) is 0 Å². The number of aromatic hydroxyl groups is 1. The summed E-state index contributed by atoms with van der Waals surface area (Å²) in [7, 11) is 0. The second kappa shape index (κ2) is 9.40. The Morgan fingerprint density at radius 1 is 1.14 bits per heavy atom. The number of H-pyrrole nitrogens is 1. The zero-order valence-corrected chi connectivity index (χ0v) is 16.4. The van der Waals surface area contributed by atoms with E-state index >= 15 is 0 Å². The number of phenolic OH excluding ortho intramolecular Hbond substituents is 1. The van der Waals surface area contributed by atoms with Crippen LogP contribution < -0.4 is 20.3 Å². The maximum absolute atomic E-state index is 11.8. The van der Waals surface area contributed by atoms with Crippen molar-refractivity contribution >= 4 is 11.0 Å². The average molecular weight is 399 g/mol. The van der Waals surface area contributed by atoms with E-state index in [2.05, 4.69) is 15.3 Å². The first-order valence-electron chi connectivity index (χ1n) is 9.38. The summed E-state index contributed by atoms with van der Waals surface area (Å²) in [5, 5.41) is 22.9. The molecule has 2 aromatic carbocycles. The number of hydrogen-bond acceptors (Lipinski definition) is 7. The highest BCUT2D eigenvalue weighted by Crippen LogP contribution is 2.25. The number of aliphatic hydroxyl groups is 1. The molecular weight excluding hydrogens is 374 g/mol. The van der Waals surface area contributed by atoms with Crippen LogP contribution in [0.2, 0.25) is 0 Å². The highest BCUT2D eigenvalue weighted by atomic mass is 16.5. The van der Waals surface area contributed by atoms with Crippen LogP contribution in [0.1, 0.15) is 11.3 Å². The van der Waals surface area contributed by atoms with E-state index in [1.807, 2.05) is 13.0 Å². The summed E-state index contributed by atoms with van der Waals surface area (Å²) in [5.74, 6) is 1.02. The van der Waals surface area contributed by atoms with Crippen molar-refractivity contribution in [3.8, 4) is 17.2 Å². The number of hydrogen-bond donors (Lipinski definition) is 4. The lowest BCUT2D eigenvalue weighted by molar-refractivity contribution is 0.106. The lowest BCUT2D eigenvalue weighted by atomic mass is 10.2. The van der Waals surface area contributed by atoms with Crippen LogP contribution >= 0.6 is 0 Å². The van der Waals surface area contributed by atoms with Crippen LogP contribution in [0, 0.1) is 13.8 Å². The smallest absolute Gasteiger partial charge is 0.269 e. The van der Waals surface area contributed by atoms with E-state index in [0.717, 1.165) is 5.56 Å². The summed E-state index contributed by atoms with van der Waals surface area (Å²) in [5.41, 5.74) is 2.22. The number of para-hydroxylation sites is 2. The summed E-state index contributed by atoms with van der Waals surface area (Å²) in [6.45, 7) is 4.77. The Bertz CT molecular complexity index is 1030. The van der Waals surface area contributed by atoms with Gasteiger partial charge in [0.1, 0.15) is 36.3 Å². The van der Waals surface area contributed by atoms with Gasteiger partial charge in [0.15, 0.2) is 11.5 Å². The number of rotatable bonds is 9. The minimum Gasteiger partial charge on any atom is -0.504 e. The number of aromatic amines is 1. The highest BCUT2D eigenvalue weighted by molar-refractivity contribution is 5.83. The summed E-state index contributed by atoms with van der Waals surface area (Å²) in [6.07, 6.45) is -0.736. The van der Waals surface area contributed by atoms with Crippen LogP contribution in [0.4, 0.5) is 0 Å². The van der Waals surface area contributed by atoms with E-state index in [1.54, 1.807) is 37.3 Å². The van der Waals surface area contributed by atoms with Crippen molar-refractivity contribution in [2.75, 3.05) is 26.3 Å². The van der Waals surface area contributed by atoms with E-state index in [0.29, 0.717) is 47.9 Å². The van der Waals surface area contributed by atoms with Gasteiger partial charge < -0.3 is 30.0 Å². The van der Waals surface area contributed by atoms with E-state index in [9.17, 15) is 15.0 Å². The van der Waals surface area contributed by atoms with Crippen LogP contribution in [0.25, 0.3) is 11.0 Å². The van der Waals surface area contributed by atoms with Crippen LogP contribution in [0.15, 0.2) is 41.2 Å². The highest BCUT2D eigenvalue weighted by Gasteiger charge is 2.12. The molecule has 1 atom stereocenters. The van der Waals surface area contributed by atoms with Crippen molar-refractivity contribution < 1.29 is 19.7 Å². The molecule has 154 valence electrons. The van der Waals surface area contributed by atoms with Gasteiger partial charge in [-0.05, 0) is 37.6 Å². The lowest BCUT2D eigenvalue weighted by Gasteiger charge is -2.15. The third-order valence-electron chi connectivity index (χ3n) is 4.41. The van der Waals surface area contributed by atoms with Gasteiger partial charge >= 0.3 is 0 Å². The van der Waals surface area contributed by atoms with Crippen molar-refractivity contribution in [2.24, 2.45) is 0 Å². The number of nitrogens with zero attached hydrogens (tertiary/aromatic N) is 1. The maximum Gasteiger partial charge on any atom is 0.269 e. The van der Waals surface area contributed by atoms with Gasteiger partial charge in [0.25, 0.3) is 5.56 Å². The number of ether oxygens (including phenoxy) is 2. The predicted molar refractivity (Wildman–Crippen MR) is 110 cm³/mol. The molecule has 0 bridgehead atoms. The molecule has 8 heteroatoms. The minimum atomic E-state index is -0.736. The summed E-state index contributed by atoms with van der Waals surface area (Å²) in [4.78, 5) is 19.0. The molecule has 1 heterocycles. The largest absolute Gasteiger partial charge is 0.504 e. The molecule has 0 aliphatic rings. The third kappa shape index (κ3) is 5.24. The van der Waals surface area contributed by atoms with Gasteiger partial charge in [0.2, 0.25) is 0 Å². The Balaban J connectivity index is 1.48. The molecule has 1 unspecified atom stereocenters. The van der Waals surface area contributed by atoms with Crippen LogP contribution in [-0.2, 0) is 0 Å². The Morgan fingerprint density at radius 2 is 1.93 bits per heavy atom. The Labute approximate surface area is 168 Å². The fourth-order valence-corrected chi connectivity index (χ4v) is 2.81. The predicted octanol–water partition coefficient (Wildman–Crippen LogP) is 1.65. The number of benzene rings is 2. The van der Waals surface area contributed by atoms with E-state index < -0.39 is 6.10 Å². The quantitative estimate of drug-likeness (QED) is 0.404. The third-order valence-corrected chi connectivity index (χ3v) is 4.41. The van der Waals surface area contributed by atoms with Crippen molar-refractivity contribution in [1.82, 2.24) is 15.3 Å². The van der Waals surface area contributed by atoms with Gasteiger partial charge in [-0.2, -0.15) is 0 Å². The number of aromatic nitrogens is 2. The fraction of sp³-hybridized carbons (Fsp3) is 0.333. The molecule has 29 heavy (non-hydrogen) atoms. The van der Waals surface area contributed by atoms with Crippen LogP contribution in [0.5, 0.6) is 17.2 Å². The molecule has 0 spiro atoms. The van der Waals surface area contributed by atoms with Gasteiger partial charge in [0.05, 0.1) is 5.52 Å². The molecule has 0 aliphatic carbocycles. The molecule has 0 aliphatic heterocycles. The molecule has 3 rings (SSSR count). The Hall–Kier alpha value is -3.10. The van der Waals surface area contributed by atoms with Gasteiger partial charge in [-0.15, -0.1) is 0 Å². The number of phenols is 1. The first-order valence-corrected chi connectivity index (χ1v) is 9.38. The van der Waals surface area contributed by atoms with Gasteiger partial charge in [0, 0.05) is 13.1 Å². The number of aryl methyl sites for hydroxylation is 2. The second-order valence-corrected chi connectivity index (χ2v) is 6.74. The monoisotopic (exact) mass is 399 g/mol. The molecule has 3 aromatic rings. The molecule has 0 radical (unpaired) electrons. The normalized spacial score (nSPS) is 12.1. The zero-order chi connectivity index (χ0) is 20.8. The molecule has 1 aromatic heterocycles. The van der Waals surface area contributed by atoms with E-state index in [-0.39, 0.29) is 17.9 Å². The molecule has 0 amide bonds. The fourth-order valence-electron chi connectivity index (χ4n) is 2.81. The van der Waals surface area contributed by atoms with Crippen molar-refractivity contribution in [3.05, 3.63) is 58.0 Å². The minimum absolute atomic E-state index is 0.0747. The number of aliphatic hydroxyl groups excluding tert-OH is 1.